The Bertz CT molecular complexity index is 870. The number of ether oxygens (including phenoxy) is 2. The average Bonchev–Trinajstić information content (AvgIpc) is 2.62. The van der Waals surface area contributed by atoms with E-state index in [1.807, 2.05) is 13.0 Å². The van der Waals surface area contributed by atoms with E-state index in [0.717, 1.165) is 10.0 Å². The van der Waals surface area contributed by atoms with Crippen molar-refractivity contribution < 1.29 is 19.2 Å². The zero-order valence-corrected chi connectivity index (χ0v) is 16.4. The fourth-order valence-corrected chi connectivity index (χ4v) is 2.53. The highest BCUT2D eigenvalue weighted by Crippen LogP contribution is 2.27. The summed E-state index contributed by atoms with van der Waals surface area (Å²) >= 11 is 3.36. The molecule has 1 N–H and O–H groups in total. The molecule has 0 spiro atoms. The lowest BCUT2D eigenvalue weighted by Gasteiger charge is -2.08. The number of hydrogen-bond acceptors (Lipinski definition) is 6. The third-order valence-electron chi connectivity index (χ3n) is 3.33. The molecule has 0 radical (unpaired) electrons. The molecular formula is C18H18BrN3O5. The van der Waals surface area contributed by atoms with Crippen molar-refractivity contribution in [1.82, 2.24) is 5.43 Å². The molecule has 1 amide bonds. The minimum Gasteiger partial charge on any atom is -0.493 e. The molecule has 0 saturated carbocycles. The van der Waals surface area contributed by atoms with Crippen LogP contribution in [0, 0.1) is 17.0 Å². The van der Waals surface area contributed by atoms with Crippen molar-refractivity contribution in [1.29, 1.82) is 0 Å². The zero-order valence-electron chi connectivity index (χ0n) is 14.8. The fraction of sp³-hybridized carbons (Fsp3) is 0.222. The van der Waals surface area contributed by atoms with Crippen LogP contribution < -0.4 is 14.9 Å². The molecule has 0 fully saturated rings. The summed E-state index contributed by atoms with van der Waals surface area (Å²) < 4.78 is 11.6. The second kappa shape index (κ2) is 9.67. The molecule has 0 aliphatic heterocycles. The van der Waals surface area contributed by atoms with E-state index >= 15 is 0 Å². The summed E-state index contributed by atoms with van der Waals surface area (Å²) in [6, 6.07) is 9.93. The number of aryl methyl sites for hydroxylation is 1. The largest absolute Gasteiger partial charge is 0.493 e. The minimum absolute atomic E-state index is 0.0235. The number of hydrazone groups is 1. The summed E-state index contributed by atoms with van der Waals surface area (Å²) in [7, 11) is 0. The number of amides is 1. The summed E-state index contributed by atoms with van der Waals surface area (Å²) in [4.78, 5) is 22.4. The van der Waals surface area contributed by atoms with E-state index in [2.05, 4.69) is 26.5 Å². The lowest BCUT2D eigenvalue weighted by atomic mass is 10.2. The van der Waals surface area contributed by atoms with Crippen LogP contribution in [-0.2, 0) is 4.79 Å². The Balaban J connectivity index is 1.97. The molecule has 2 aromatic rings. The summed E-state index contributed by atoms with van der Waals surface area (Å²) in [5, 5.41) is 14.9. The van der Waals surface area contributed by atoms with E-state index in [-0.39, 0.29) is 11.4 Å². The number of carbonyl (C=O) groups is 1. The molecule has 0 aliphatic carbocycles. The van der Waals surface area contributed by atoms with Gasteiger partial charge in [-0.2, -0.15) is 5.10 Å². The normalized spacial score (nSPS) is 10.6. The Morgan fingerprint density at radius 3 is 2.70 bits per heavy atom. The molecule has 8 nitrogen and oxygen atoms in total. The molecular weight excluding hydrogens is 418 g/mol. The monoisotopic (exact) mass is 435 g/mol. The molecule has 2 rings (SSSR count). The van der Waals surface area contributed by atoms with E-state index in [0.29, 0.717) is 17.9 Å². The molecule has 0 saturated heterocycles. The van der Waals surface area contributed by atoms with Crippen molar-refractivity contribution in [2.45, 2.75) is 13.8 Å². The Labute approximate surface area is 164 Å². The average molecular weight is 436 g/mol. The van der Waals surface area contributed by atoms with Gasteiger partial charge in [0.15, 0.2) is 12.4 Å². The predicted molar refractivity (Wildman–Crippen MR) is 104 cm³/mol. The van der Waals surface area contributed by atoms with Crippen LogP contribution in [0.4, 0.5) is 5.69 Å². The van der Waals surface area contributed by atoms with Crippen LogP contribution in [-0.4, -0.2) is 30.3 Å². The van der Waals surface area contributed by atoms with E-state index in [4.69, 9.17) is 9.47 Å². The van der Waals surface area contributed by atoms with Gasteiger partial charge in [-0.25, -0.2) is 5.43 Å². The van der Waals surface area contributed by atoms with Gasteiger partial charge in [-0.05, 0) is 43.7 Å². The second-order valence-corrected chi connectivity index (χ2v) is 6.34. The second-order valence-electron chi connectivity index (χ2n) is 5.43. The maximum Gasteiger partial charge on any atom is 0.311 e. The van der Waals surface area contributed by atoms with Gasteiger partial charge in [0.05, 0.1) is 17.7 Å². The number of nitro groups is 1. The number of hydrogen-bond donors (Lipinski definition) is 1. The molecule has 9 heteroatoms. The van der Waals surface area contributed by atoms with Crippen LogP contribution in [0.25, 0.3) is 0 Å². The summed E-state index contributed by atoms with van der Waals surface area (Å²) in [6.45, 7) is 3.69. The van der Waals surface area contributed by atoms with E-state index in [1.165, 1.54) is 18.3 Å². The number of rotatable bonds is 8. The van der Waals surface area contributed by atoms with Gasteiger partial charge in [0.1, 0.15) is 5.75 Å². The van der Waals surface area contributed by atoms with Gasteiger partial charge in [0.2, 0.25) is 0 Å². The first-order chi connectivity index (χ1) is 12.9. The van der Waals surface area contributed by atoms with Crippen molar-refractivity contribution in [3.63, 3.8) is 0 Å². The van der Waals surface area contributed by atoms with Crippen LogP contribution in [0.2, 0.25) is 0 Å². The van der Waals surface area contributed by atoms with Gasteiger partial charge in [0, 0.05) is 16.1 Å². The summed E-state index contributed by atoms with van der Waals surface area (Å²) in [5.74, 6) is 0.106. The molecule has 2 aromatic carbocycles. The van der Waals surface area contributed by atoms with Crippen LogP contribution in [0.15, 0.2) is 46.0 Å². The molecule has 142 valence electrons. The topological polar surface area (TPSA) is 103 Å². The third kappa shape index (κ3) is 6.07. The zero-order chi connectivity index (χ0) is 19.8. The smallest absolute Gasteiger partial charge is 0.311 e. The molecule has 0 aliphatic rings. The van der Waals surface area contributed by atoms with E-state index in [1.54, 1.807) is 25.1 Å². The van der Waals surface area contributed by atoms with Crippen molar-refractivity contribution in [3.8, 4) is 11.5 Å². The van der Waals surface area contributed by atoms with Crippen molar-refractivity contribution >= 4 is 33.7 Å². The standard InChI is InChI=1S/C18H18BrN3O5/c1-3-26-16-7-5-14(19)9-13(16)10-20-21-18(23)11-27-17-6-4-12(2)8-15(17)22(24)25/h4-10H,3,11H2,1-2H3,(H,21,23)/b20-10-. The van der Waals surface area contributed by atoms with Crippen LogP contribution in [0.5, 0.6) is 11.5 Å². The highest BCUT2D eigenvalue weighted by molar-refractivity contribution is 9.10. The van der Waals surface area contributed by atoms with E-state index in [9.17, 15) is 14.9 Å². The quantitative estimate of drug-likeness (QED) is 0.387. The lowest BCUT2D eigenvalue weighted by Crippen LogP contribution is -2.24. The maximum atomic E-state index is 11.9. The van der Waals surface area contributed by atoms with Gasteiger partial charge in [-0.1, -0.05) is 22.0 Å². The molecule has 0 atom stereocenters. The molecule has 0 heterocycles. The number of carbonyl (C=O) groups excluding carboxylic acids is 1. The summed E-state index contributed by atoms with van der Waals surface area (Å²) in [5.41, 5.74) is 3.53. The van der Waals surface area contributed by atoms with Crippen LogP contribution in [0.3, 0.4) is 0 Å². The highest BCUT2D eigenvalue weighted by atomic mass is 79.9. The number of halogens is 1. The van der Waals surface area contributed by atoms with Gasteiger partial charge in [0.25, 0.3) is 5.91 Å². The predicted octanol–water partition coefficient (Wildman–Crippen LogP) is 3.59. The summed E-state index contributed by atoms with van der Waals surface area (Å²) in [6.07, 6.45) is 1.45. The first-order valence-electron chi connectivity index (χ1n) is 8.02. The Morgan fingerprint density at radius 2 is 2.00 bits per heavy atom. The van der Waals surface area contributed by atoms with E-state index < -0.39 is 17.4 Å². The lowest BCUT2D eigenvalue weighted by molar-refractivity contribution is -0.385. The van der Waals surface area contributed by atoms with Crippen LogP contribution in [0.1, 0.15) is 18.1 Å². The van der Waals surface area contributed by atoms with Gasteiger partial charge < -0.3 is 9.47 Å². The molecule has 0 aromatic heterocycles. The first kappa shape index (κ1) is 20.4. The van der Waals surface area contributed by atoms with Crippen molar-refractivity contribution in [2.24, 2.45) is 5.10 Å². The third-order valence-corrected chi connectivity index (χ3v) is 3.83. The number of nitro benzene ring substituents is 1. The molecule has 0 bridgehead atoms. The number of benzene rings is 2. The SMILES string of the molecule is CCOc1ccc(Br)cc1/C=N\NC(=O)COc1ccc(C)cc1[N+](=O)[O-]. The Kier molecular flexibility index (Phi) is 7.30. The van der Waals surface area contributed by atoms with Gasteiger partial charge in [-0.3, -0.25) is 14.9 Å². The fourth-order valence-electron chi connectivity index (χ4n) is 2.15. The number of nitrogens with zero attached hydrogens (tertiary/aromatic N) is 2. The Morgan fingerprint density at radius 1 is 1.26 bits per heavy atom. The van der Waals surface area contributed by atoms with Gasteiger partial charge in [-0.15, -0.1) is 0 Å². The van der Waals surface area contributed by atoms with Crippen molar-refractivity contribution in [2.75, 3.05) is 13.2 Å². The van der Waals surface area contributed by atoms with Gasteiger partial charge >= 0.3 is 5.69 Å². The minimum atomic E-state index is -0.555. The highest BCUT2D eigenvalue weighted by Gasteiger charge is 2.16. The first-order valence-corrected chi connectivity index (χ1v) is 8.82. The Hall–Kier alpha value is -2.94. The maximum absolute atomic E-state index is 11.9. The molecule has 27 heavy (non-hydrogen) atoms. The van der Waals surface area contributed by atoms with Crippen molar-refractivity contribution in [3.05, 3.63) is 62.1 Å². The molecule has 0 unspecified atom stereocenters. The number of nitrogens with one attached hydrogen (secondary N) is 1. The van der Waals surface area contributed by atoms with Crippen LogP contribution >= 0.6 is 15.9 Å².